The molecular formula is C18H25BrN4O3S2. The third kappa shape index (κ3) is 4.35. The van der Waals surface area contributed by atoms with Gasteiger partial charge in [-0.25, -0.2) is 8.42 Å². The lowest BCUT2D eigenvalue weighted by atomic mass is 9.79. The lowest BCUT2D eigenvalue weighted by Gasteiger charge is -2.47. The Hall–Kier alpha value is -0.810. The quantitative estimate of drug-likeness (QED) is 0.643. The molecule has 28 heavy (non-hydrogen) atoms. The molecule has 10 heteroatoms. The van der Waals surface area contributed by atoms with Crippen molar-refractivity contribution in [2.24, 2.45) is 0 Å². The molecule has 7 nitrogen and oxygen atoms in total. The summed E-state index contributed by atoms with van der Waals surface area (Å²) in [6.07, 6.45) is 6.03. The number of aryl methyl sites for hydroxylation is 1. The zero-order chi connectivity index (χ0) is 19.9. The molecule has 0 amide bonds. The van der Waals surface area contributed by atoms with Crippen LogP contribution < -0.4 is 0 Å². The van der Waals surface area contributed by atoms with E-state index in [9.17, 15) is 8.42 Å². The van der Waals surface area contributed by atoms with E-state index < -0.39 is 9.84 Å². The van der Waals surface area contributed by atoms with Crippen molar-refractivity contribution in [3.8, 4) is 0 Å². The third-order valence-corrected chi connectivity index (χ3v) is 8.29. The smallest absolute Gasteiger partial charge is 0.149 e. The van der Waals surface area contributed by atoms with Crippen LogP contribution in [0.3, 0.4) is 0 Å². The molecule has 4 heterocycles. The van der Waals surface area contributed by atoms with Crippen LogP contribution in [0.4, 0.5) is 0 Å². The van der Waals surface area contributed by atoms with E-state index in [0.717, 1.165) is 44.7 Å². The second-order valence-electron chi connectivity index (χ2n) is 7.86. The van der Waals surface area contributed by atoms with Crippen LogP contribution in [0, 0.1) is 0 Å². The third-order valence-electron chi connectivity index (χ3n) is 5.67. The molecule has 154 valence electrons. The summed E-state index contributed by atoms with van der Waals surface area (Å²) < 4.78 is 31.8. The van der Waals surface area contributed by atoms with Crippen molar-refractivity contribution in [1.29, 1.82) is 0 Å². The molecule has 1 fully saturated rings. The Balaban J connectivity index is 1.41. The van der Waals surface area contributed by atoms with Gasteiger partial charge in [-0.2, -0.15) is 0 Å². The van der Waals surface area contributed by atoms with Gasteiger partial charge in [0, 0.05) is 42.9 Å². The number of sulfone groups is 1. The van der Waals surface area contributed by atoms with E-state index in [1.54, 1.807) is 4.68 Å². The minimum atomic E-state index is -3.00. The van der Waals surface area contributed by atoms with E-state index in [1.807, 2.05) is 17.5 Å². The summed E-state index contributed by atoms with van der Waals surface area (Å²) in [6.45, 7) is 5.03. The molecule has 0 aliphatic carbocycles. The van der Waals surface area contributed by atoms with Crippen LogP contribution in [0.1, 0.15) is 35.9 Å². The Morgan fingerprint density at radius 3 is 3.04 bits per heavy atom. The predicted octanol–water partition coefficient (Wildman–Crippen LogP) is 2.60. The number of hydrogen-bond donors (Lipinski definition) is 0. The monoisotopic (exact) mass is 488 g/mol. The number of halogens is 1. The number of likely N-dealkylation sites (tertiary alicyclic amines) is 1. The Kier molecular flexibility index (Phi) is 5.69. The lowest BCUT2D eigenvalue weighted by Crippen LogP contribution is -2.50. The normalized spacial score (nSPS) is 25.9. The summed E-state index contributed by atoms with van der Waals surface area (Å²) >= 11 is 5.47. The summed E-state index contributed by atoms with van der Waals surface area (Å²) in [7, 11) is -3.00. The molecule has 0 aromatic carbocycles. The fraction of sp³-hybridized carbons (Fsp3) is 0.667. The first kappa shape index (κ1) is 20.5. The summed E-state index contributed by atoms with van der Waals surface area (Å²) in [5, 5.41) is 8.30. The fourth-order valence-corrected chi connectivity index (χ4v) is 6.52. The Morgan fingerprint density at radius 2 is 2.29 bits per heavy atom. The van der Waals surface area contributed by atoms with Crippen LogP contribution in [0.15, 0.2) is 16.0 Å². The van der Waals surface area contributed by atoms with E-state index >= 15 is 0 Å². The average Bonchev–Trinajstić information content (AvgIpc) is 3.22. The number of rotatable bonds is 5. The minimum Gasteiger partial charge on any atom is -0.370 e. The second kappa shape index (κ2) is 7.79. The minimum absolute atomic E-state index is 0.0777. The highest BCUT2D eigenvalue weighted by atomic mass is 79.9. The van der Waals surface area contributed by atoms with Crippen molar-refractivity contribution >= 4 is 37.1 Å². The van der Waals surface area contributed by atoms with Crippen LogP contribution in [-0.4, -0.2) is 59.5 Å². The molecule has 0 saturated carbocycles. The topological polar surface area (TPSA) is 77.3 Å². The summed E-state index contributed by atoms with van der Waals surface area (Å²) in [6, 6.07) is 2.61. The standard InChI is InChI=1S/C18H25BrN4O3S2/c1-13-10-18(15-9-17(19)27-16(15)3-7-26-18)4-5-22(13)11-14-12-23(21-20-14)6-8-28(2,24)25/h9,12-13H,3-8,10-11H2,1-2H3/t13-,18+/m0/s1. The Morgan fingerprint density at radius 1 is 1.46 bits per heavy atom. The van der Waals surface area contributed by atoms with E-state index in [4.69, 9.17) is 4.74 Å². The molecule has 2 aliphatic heterocycles. The first-order valence-electron chi connectivity index (χ1n) is 9.47. The summed E-state index contributed by atoms with van der Waals surface area (Å²) in [5.74, 6) is 0.0777. The van der Waals surface area contributed by atoms with Crippen LogP contribution >= 0.6 is 27.3 Å². The number of aromatic nitrogens is 3. The SMILES string of the molecule is C[C@H]1C[C@@]2(CCN1Cc1cn(CCS(C)(=O)=O)nn1)OCCc1sc(Br)cc12. The highest BCUT2D eigenvalue weighted by molar-refractivity contribution is 9.11. The highest BCUT2D eigenvalue weighted by Crippen LogP contribution is 2.47. The van der Waals surface area contributed by atoms with Gasteiger partial charge in [-0.15, -0.1) is 16.4 Å². The lowest BCUT2D eigenvalue weighted by molar-refractivity contribution is -0.112. The van der Waals surface area contributed by atoms with Crippen molar-refractivity contribution < 1.29 is 13.2 Å². The molecular weight excluding hydrogens is 464 g/mol. The molecule has 0 radical (unpaired) electrons. The zero-order valence-corrected chi connectivity index (χ0v) is 19.3. The molecule has 2 aromatic rings. The number of ether oxygens (including phenoxy) is 1. The van der Waals surface area contributed by atoms with Crippen molar-refractivity contribution in [3.63, 3.8) is 0 Å². The van der Waals surface area contributed by atoms with Crippen molar-refractivity contribution in [2.45, 2.75) is 50.9 Å². The van der Waals surface area contributed by atoms with Crippen molar-refractivity contribution in [2.75, 3.05) is 25.2 Å². The molecule has 1 saturated heterocycles. The van der Waals surface area contributed by atoms with Crippen LogP contribution in [0.25, 0.3) is 0 Å². The molecule has 0 N–H and O–H groups in total. The van der Waals surface area contributed by atoms with Gasteiger partial charge in [-0.1, -0.05) is 5.21 Å². The molecule has 4 rings (SSSR count). The van der Waals surface area contributed by atoms with Crippen LogP contribution in [-0.2, 0) is 39.7 Å². The van der Waals surface area contributed by atoms with Gasteiger partial charge in [-0.3, -0.25) is 9.58 Å². The van der Waals surface area contributed by atoms with Crippen molar-refractivity contribution in [1.82, 2.24) is 19.9 Å². The largest absolute Gasteiger partial charge is 0.370 e. The van der Waals surface area contributed by atoms with E-state index in [0.29, 0.717) is 12.6 Å². The van der Waals surface area contributed by atoms with Gasteiger partial charge >= 0.3 is 0 Å². The van der Waals surface area contributed by atoms with Crippen LogP contribution in [0.5, 0.6) is 0 Å². The fourth-order valence-electron chi connectivity index (χ4n) is 4.24. The van der Waals surface area contributed by atoms with Gasteiger partial charge in [0.2, 0.25) is 0 Å². The summed E-state index contributed by atoms with van der Waals surface area (Å²) in [5.41, 5.74) is 2.08. The van der Waals surface area contributed by atoms with Gasteiger partial charge in [0.05, 0.1) is 34.0 Å². The first-order chi connectivity index (χ1) is 13.2. The molecule has 1 spiro atoms. The van der Waals surface area contributed by atoms with Gasteiger partial charge < -0.3 is 4.74 Å². The predicted molar refractivity (Wildman–Crippen MR) is 112 cm³/mol. The highest BCUT2D eigenvalue weighted by Gasteiger charge is 2.44. The maximum atomic E-state index is 11.3. The number of hydrogen-bond acceptors (Lipinski definition) is 7. The van der Waals surface area contributed by atoms with Gasteiger partial charge in [-0.05, 0) is 47.3 Å². The molecule has 0 bridgehead atoms. The Bertz CT molecular complexity index is 958. The Labute approximate surface area is 178 Å². The van der Waals surface area contributed by atoms with E-state index in [-0.39, 0.29) is 11.4 Å². The number of thiophene rings is 1. The van der Waals surface area contributed by atoms with Gasteiger partial charge in [0.25, 0.3) is 0 Å². The second-order valence-corrected chi connectivity index (χ2v) is 12.6. The molecule has 0 unspecified atom stereocenters. The molecule has 2 aliphatic rings. The van der Waals surface area contributed by atoms with E-state index in [1.165, 1.54) is 20.5 Å². The van der Waals surface area contributed by atoms with Gasteiger partial charge in [0.1, 0.15) is 9.84 Å². The van der Waals surface area contributed by atoms with Gasteiger partial charge in [0.15, 0.2) is 0 Å². The number of piperidine rings is 1. The number of nitrogens with zero attached hydrogens (tertiary/aromatic N) is 4. The molecule has 2 atom stereocenters. The maximum Gasteiger partial charge on any atom is 0.149 e. The van der Waals surface area contributed by atoms with Crippen molar-refractivity contribution in [3.05, 3.63) is 32.2 Å². The first-order valence-corrected chi connectivity index (χ1v) is 13.1. The maximum absolute atomic E-state index is 11.3. The molecule has 2 aromatic heterocycles. The van der Waals surface area contributed by atoms with E-state index in [2.05, 4.69) is 44.1 Å². The van der Waals surface area contributed by atoms with Crippen LogP contribution in [0.2, 0.25) is 0 Å². The zero-order valence-electron chi connectivity index (χ0n) is 16.1. The number of fused-ring (bicyclic) bond motifs is 2. The average molecular weight is 489 g/mol. The summed E-state index contributed by atoms with van der Waals surface area (Å²) in [4.78, 5) is 3.86.